The maximum Gasteiger partial charge on any atom is 0.250 e. The molecule has 29 heavy (non-hydrogen) atoms. The summed E-state index contributed by atoms with van der Waals surface area (Å²) in [5, 5.41) is 0.463. The van der Waals surface area contributed by atoms with Crippen molar-refractivity contribution in [1.82, 2.24) is 14.5 Å². The minimum absolute atomic E-state index is 0.144. The van der Waals surface area contributed by atoms with Crippen LogP contribution in [0.15, 0.2) is 47.5 Å². The van der Waals surface area contributed by atoms with E-state index in [-0.39, 0.29) is 5.56 Å². The normalized spacial score (nSPS) is 17.9. The average molecular weight is 410 g/mol. The Balaban J connectivity index is 1.56. The second-order valence-electron chi connectivity index (χ2n) is 7.59. The van der Waals surface area contributed by atoms with Gasteiger partial charge in [0.25, 0.3) is 5.56 Å². The molecule has 1 saturated carbocycles. The van der Waals surface area contributed by atoms with Crippen LogP contribution in [0.25, 0.3) is 11.1 Å². The van der Waals surface area contributed by atoms with Gasteiger partial charge in [0.2, 0.25) is 5.88 Å². The van der Waals surface area contributed by atoms with Crippen LogP contribution in [0.5, 0.6) is 5.88 Å². The number of nitrogens with zero attached hydrogens (tertiary/aromatic N) is 3. The molecule has 0 radical (unpaired) electrons. The molecule has 2 unspecified atom stereocenters. The first kappa shape index (κ1) is 19.6. The smallest absolute Gasteiger partial charge is 0.250 e. The first-order chi connectivity index (χ1) is 14.0. The van der Waals surface area contributed by atoms with Crippen molar-refractivity contribution >= 4 is 11.6 Å². The van der Waals surface area contributed by atoms with E-state index in [2.05, 4.69) is 41.2 Å². The molecular weight excluding hydrogens is 386 g/mol. The molecule has 3 aromatic rings. The summed E-state index contributed by atoms with van der Waals surface area (Å²) in [5.41, 5.74) is 3.93. The molecule has 2 atom stereocenters. The van der Waals surface area contributed by atoms with E-state index < -0.39 is 0 Å². The maximum atomic E-state index is 12.1. The summed E-state index contributed by atoms with van der Waals surface area (Å²) >= 11 is 6.39. The van der Waals surface area contributed by atoms with Gasteiger partial charge in [-0.2, -0.15) is 4.98 Å². The largest absolute Gasteiger partial charge is 0.477 e. The predicted molar refractivity (Wildman–Crippen MR) is 115 cm³/mol. The highest BCUT2D eigenvalue weighted by atomic mass is 35.5. The third kappa shape index (κ3) is 4.06. The zero-order chi connectivity index (χ0) is 20.5. The molecule has 0 bridgehead atoms. The zero-order valence-corrected chi connectivity index (χ0v) is 17.6. The van der Waals surface area contributed by atoms with Crippen molar-refractivity contribution in [3.05, 3.63) is 75.1 Å². The summed E-state index contributed by atoms with van der Waals surface area (Å²) in [6.45, 7) is 4.59. The van der Waals surface area contributed by atoms with Crippen molar-refractivity contribution in [2.45, 2.75) is 32.6 Å². The highest BCUT2D eigenvalue weighted by Gasteiger charge is 2.40. The Kier molecular flexibility index (Phi) is 5.41. The topological polar surface area (TPSA) is 57.0 Å². The molecule has 4 rings (SSSR count). The molecule has 1 aromatic carbocycles. The Morgan fingerprint density at radius 3 is 2.86 bits per heavy atom. The zero-order valence-electron chi connectivity index (χ0n) is 16.9. The van der Waals surface area contributed by atoms with E-state index in [0.717, 1.165) is 12.8 Å². The molecule has 1 aliphatic carbocycles. The Hall–Kier alpha value is -2.66. The van der Waals surface area contributed by atoms with Crippen LogP contribution in [-0.2, 0) is 13.5 Å². The van der Waals surface area contributed by atoms with Crippen LogP contribution in [0.1, 0.15) is 36.2 Å². The van der Waals surface area contributed by atoms with Crippen LogP contribution in [0, 0.1) is 12.8 Å². The van der Waals surface area contributed by atoms with E-state index in [1.807, 2.05) is 6.92 Å². The van der Waals surface area contributed by atoms with Crippen LogP contribution >= 0.6 is 11.6 Å². The number of aromatic nitrogens is 3. The van der Waals surface area contributed by atoms with Gasteiger partial charge in [0, 0.05) is 37.0 Å². The lowest BCUT2D eigenvalue weighted by atomic mass is 10.0. The highest BCUT2D eigenvalue weighted by molar-refractivity contribution is 6.33. The van der Waals surface area contributed by atoms with E-state index in [1.165, 1.54) is 21.8 Å². The third-order valence-corrected chi connectivity index (χ3v) is 5.84. The summed E-state index contributed by atoms with van der Waals surface area (Å²) in [7, 11) is 1.67. The van der Waals surface area contributed by atoms with Crippen LogP contribution in [-0.4, -0.2) is 21.1 Å². The Bertz CT molecular complexity index is 1110. The molecule has 6 heteroatoms. The fourth-order valence-electron chi connectivity index (χ4n) is 3.76. The van der Waals surface area contributed by atoms with Crippen molar-refractivity contribution < 1.29 is 4.74 Å². The molecule has 1 aliphatic rings. The monoisotopic (exact) mass is 409 g/mol. The van der Waals surface area contributed by atoms with Crippen molar-refractivity contribution in [2.24, 2.45) is 13.0 Å². The van der Waals surface area contributed by atoms with Gasteiger partial charge >= 0.3 is 0 Å². The van der Waals surface area contributed by atoms with E-state index >= 15 is 0 Å². The van der Waals surface area contributed by atoms with E-state index in [0.29, 0.717) is 46.3 Å². The predicted octanol–water partition coefficient (Wildman–Crippen LogP) is 4.55. The van der Waals surface area contributed by atoms with Gasteiger partial charge in [0.1, 0.15) is 5.82 Å². The first-order valence-corrected chi connectivity index (χ1v) is 10.3. The molecular formula is C23H24ClN3O2. The number of hydrogen-bond acceptors (Lipinski definition) is 4. The second kappa shape index (κ2) is 7.99. The van der Waals surface area contributed by atoms with Gasteiger partial charge in [0.05, 0.1) is 17.2 Å². The van der Waals surface area contributed by atoms with Gasteiger partial charge in [0.15, 0.2) is 0 Å². The van der Waals surface area contributed by atoms with E-state index in [4.69, 9.17) is 16.3 Å². The first-order valence-electron chi connectivity index (χ1n) is 9.88. The van der Waals surface area contributed by atoms with Crippen molar-refractivity contribution in [2.75, 3.05) is 6.61 Å². The number of pyridine rings is 1. The molecule has 0 aliphatic heterocycles. The SMILES string of the molecule is CCc1ccccc1C1CC1COc1nc(C)ncc1-c1cc(=O)n(C)cc1Cl. The van der Waals surface area contributed by atoms with Crippen molar-refractivity contribution in [3.8, 4) is 17.0 Å². The average Bonchev–Trinajstić information content (AvgIpc) is 3.49. The lowest BCUT2D eigenvalue weighted by Crippen LogP contribution is -2.15. The summed E-state index contributed by atoms with van der Waals surface area (Å²) in [6.07, 6.45) is 5.43. The van der Waals surface area contributed by atoms with Crippen molar-refractivity contribution in [1.29, 1.82) is 0 Å². The maximum absolute atomic E-state index is 12.1. The van der Waals surface area contributed by atoms with E-state index in [1.54, 1.807) is 19.4 Å². The summed E-state index contributed by atoms with van der Waals surface area (Å²) < 4.78 is 7.57. The molecule has 0 amide bonds. The minimum Gasteiger partial charge on any atom is -0.477 e. The highest BCUT2D eigenvalue weighted by Crippen LogP contribution is 2.49. The number of halogens is 1. The van der Waals surface area contributed by atoms with Gasteiger partial charge < -0.3 is 9.30 Å². The summed E-state index contributed by atoms with van der Waals surface area (Å²) in [4.78, 5) is 20.9. The van der Waals surface area contributed by atoms with Gasteiger partial charge in [-0.25, -0.2) is 4.98 Å². The Morgan fingerprint density at radius 2 is 2.07 bits per heavy atom. The van der Waals surface area contributed by atoms with Crippen molar-refractivity contribution in [3.63, 3.8) is 0 Å². The lowest BCUT2D eigenvalue weighted by molar-refractivity contribution is 0.286. The number of rotatable bonds is 6. The van der Waals surface area contributed by atoms with Crippen LogP contribution in [0.4, 0.5) is 0 Å². The van der Waals surface area contributed by atoms with Crippen LogP contribution in [0.2, 0.25) is 5.02 Å². The minimum atomic E-state index is -0.144. The van der Waals surface area contributed by atoms with Gasteiger partial charge in [-0.15, -0.1) is 0 Å². The lowest BCUT2D eigenvalue weighted by Gasteiger charge is -2.13. The van der Waals surface area contributed by atoms with Crippen LogP contribution in [0.3, 0.4) is 0 Å². The van der Waals surface area contributed by atoms with Crippen LogP contribution < -0.4 is 10.3 Å². The van der Waals surface area contributed by atoms with Gasteiger partial charge in [-0.1, -0.05) is 42.8 Å². The summed E-state index contributed by atoms with van der Waals surface area (Å²) in [5.74, 6) is 2.09. The fraction of sp³-hybridized carbons (Fsp3) is 0.348. The van der Waals surface area contributed by atoms with Gasteiger partial charge in [-0.05, 0) is 36.8 Å². The third-order valence-electron chi connectivity index (χ3n) is 5.54. The molecule has 0 spiro atoms. The quantitative estimate of drug-likeness (QED) is 0.599. The molecule has 2 heterocycles. The molecule has 0 saturated heterocycles. The number of aryl methyl sites for hydroxylation is 3. The fourth-order valence-corrected chi connectivity index (χ4v) is 4.07. The molecule has 2 aromatic heterocycles. The molecule has 150 valence electrons. The Labute approximate surface area is 175 Å². The standard InChI is InChI=1S/C23H24ClN3O2/c1-4-15-7-5-6-8-17(15)18-9-16(18)13-29-23-20(11-25-14(2)26-23)19-10-22(28)27(3)12-21(19)24/h5-8,10-12,16,18H,4,9,13H2,1-3H3. The van der Waals surface area contributed by atoms with Gasteiger partial charge in [-0.3, -0.25) is 4.79 Å². The molecule has 5 nitrogen and oxygen atoms in total. The second-order valence-corrected chi connectivity index (χ2v) is 7.99. The molecule has 0 N–H and O–H groups in total. The Morgan fingerprint density at radius 1 is 1.28 bits per heavy atom. The number of ether oxygens (including phenoxy) is 1. The van der Waals surface area contributed by atoms with E-state index in [9.17, 15) is 4.79 Å². The molecule has 1 fully saturated rings. The number of hydrogen-bond donors (Lipinski definition) is 0. The number of benzene rings is 1. The summed E-state index contributed by atoms with van der Waals surface area (Å²) in [6, 6.07) is 10.1.